The Hall–Kier alpha value is -2.68. The Morgan fingerprint density at radius 2 is 1.34 bits per heavy atom. The van der Waals surface area contributed by atoms with Gasteiger partial charge in [-0.3, -0.25) is 0 Å². The van der Waals surface area contributed by atoms with Gasteiger partial charge >= 0.3 is 0 Å². The van der Waals surface area contributed by atoms with Crippen LogP contribution in [-0.4, -0.2) is 52.6 Å². The molecule has 0 amide bonds. The molecule has 4 aliphatic rings. The molecule has 4 aromatic heterocycles. The summed E-state index contributed by atoms with van der Waals surface area (Å²) in [4.78, 5) is 17.3. The first-order valence-corrected chi connectivity index (χ1v) is 16.9. The molecule has 2 fully saturated rings. The van der Waals surface area contributed by atoms with Crippen LogP contribution in [0.3, 0.4) is 0 Å². The SMILES string of the molecule is Cc1nc(N)n([C@H]2CC[C@@]3(CNc4ncc(Br)c(Cl)c43)C2)n1.Cc1nc(N)nn1[C@H]1CC[C@@]2(CNc3ncc(Br)c(Cl)c32)C1. The molecule has 2 saturated carbocycles. The Kier molecular flexibility index (Phi) is 7.49. The van der Waals surface area contributed by atoms with E-state index in [2.05, 4.69) is 72.6 Å². The van der Waals surface area contributed by atoms with E-state index in [0.717, 1.165) is 99.2 Å². The molecule has 0 unspecified atom stereocenters. The van der Waals surface area contributed by atoms with E-state index in [1.165, 1.54) is 0 Å². The molecular weight excluding hydrogens is 735 g/mol. The Morgan fingerprint density at radius 1 is 0.818 bits per heavy atom. The molecule has 6 heterocycles. The van der Waals surface area contributed by atoms with Crippen molar-refractivity contribution in [2.75, 3.05) is 35.2 Å². The minimum absolute atomic E-state index is 0.000157. The van der Waals surface area contributed by atoms with Crippen molar-refractivity contribution in [2.45, 2.75) is 75.3 Å². The minimum Gasteiger partial charge on any atom is -0.369 e. The zero-order valence-corrected chi connectivity index (χ0v) is 28.9. The summed E-state index contributed by atoms with van der Waals surface area (Å²) in [6.07, 6.45) is 9.54. The number of halogens is 4. The van der Waals surface area contributed by atoms with Crippen molar-refractivity contribution in [1.82, 2.24) is 39.5 Å². The molecule has 4 atom stereocenters. The lowest BCUT2D eigenvalue weighted by atomic mass is 9.81. The topological polar surface area (TPSA) is 163 Å². The third-order valence-corrected chi connectivity index (χ3v) is 12.1. The van der Waals surface area contributed by atoms with Crippen LogP contribution in [0.25, 0.3) is 0 Å². The number of pyridine rings is 2. The lowest BCUT2D eigenvalue weighted by Crippen LogP contribution is -2.26. The highest BCUT2D eigenvalue weighted by Gasteiger charge is 2.49. The van der Waals surface area contributed by atoms with Gasteiger partial charge in [-0.05, 0) is 84.2 Å². The number of hydrogen-bond acceptors (Lipinski definition) is 10. The van der Waals surface area contributed by atoms with Gasteiger partial charge in [-0.25, -0.2) is 19.3 Å². The van der Waals surface area contributed by atoms with Gasteiger partial charge in [0.15, 0.2) is 0 Å². The molecule has 6 N–H and O–H groups in total. The molecule has 0 bridgehead atoms. The number of aryl methyl sites for hydroxylation is 2. The monoisotopic (exact) mass is 764 g/mol. The van der Waals surface area contributed by atoms with Crippen molar-refractivity contribution in [2.24, 2.45) is 0 Å². The van der Waals surface area contributed by atoms with Crippen LogP contribution in [0.15, 0.2) is 21.3 Å². The third-order valence-electron chi connectivity index (χ3n) is 9.63. The average Bonchev–Trinajstić information content (AvgIpc) is 3.83. The minimum atomic E-state index is 0.000157. The molecule has 44 heavy (non-hydrogen) atoms. The van der Waals surface area contributed by atoms with Gasteiger partial charge in [0.1, 0.15) is 23.3 Å². The second kappa shape index (κ2) is 11.0. The van der Waals surface area contributed by atoms with Crippen LogP contribution >= 0.6 is 55.1 Å². The number of rotatable bonds is 2. The summed E-state index contributed by atoms with van der Waals surface area (Å²) in [6.45, 7) is 5.53. The second-order valence-corrected chi connectivity index (χ2v) is 14.7. The fourth-order valence-electron chi connectivity index (χ4n) is 7.72. The van der Waals surface area contributed by atoms with E-state index in [0.29, 0.717) is 23.8 Å². The summed E-state index contributed by atoms with van der Waals surface area (Å²) in [7, 11) is 0. The molecule has 2 aliphatic heterocycles. The smallest absolute Gasteiger partial charge is 0.239 e. The number of nitrogens with one attached hydrogen (secondary N) is 2. The molecule has 2 spiro atoms. The number of nitrogens with zero attached hydrogens (tertiary/aromatic N) is 8. The molecule has 2 aliphatic carbocycles. The molecule has 12 nitrogen and oxygen atoms in total. The number of nitrogen functional groups attached to an aromatic ring is 2. The first kappa shape index (κ1) is 30.0. The molecule has 8 rings (SSSR count). The first-order valence-electron chi connectivity index (χ1n) is 14.5. The Balaban J connectivity index is 0.000000142. The maximum atomic E-state index is 6.56. The summed E-state index contributed by atoms with van der Waals surface area (Å²) in [5, 5.41) is 17.1. The van der Waals surface area contributed by atoms with Gasteiger partial charge in [0.25, 0.3) is 0 Å². The van der Waals surface area contributed by atoms with Crippen LogP contribution in [0.2, 0.25) is 10.0 Å². The summed E-state index contributed by atoms with van der Waals surface area (Å²) >= 11 is 20.1. The number of anilines is 4. The largest absolute Gasteiger partial charge is 0.369 e. The van der Waals surface area contributed by atoms with Gasteiger partial charge < -0.3 is 22.1 Å². The highest BCUT2D eigenvalue weighted by Crippen LogP contribution is 2.55. The van der Waals surface area contributed by atoms with Gasteiger partial charge in [-0.2, -0.15) is 15.1 Å². The van der Waals surface area contributed by atoms with E-state index in [4.69, 9.17) is 34.7 Å². The van der Waals surface area contributed by atoms with Crippen LogP contribution in [0.4, 0.5) is 23.5 Å². The van der Waals surface area contributed by atoms with Gasteiger partial charge in [0, 0.05) is 47.4 Å². The highest BCUT2D eigenvalue weighted by atomic mass is 79.9. The van der Waals surface area contributed by atoms with Gasteiger partial charge in [-0.1, -0.05) is 23.2 Å². The van der Waals surface area contributed by atoms with E-state index < -0.39 is 0 Å². The van der Waals surface area contributed by atoms with E-state index in [1.54, 1.807) is 12.4 Å². The Labute approximate surface area is 281 Å². The van der Waals surface area contributed by atoms with Gasteiger partial charge in [0.05, 0.1) is 31.1 Å². The fraction of sp³-hybridized carbons (Fsp3) is 0.500. The molecule has 0 aromatic carbocycles. The van der Waals surface area contributed by atoms with Crippen molar-refractivity contribution >= 4 is 78.6 Å². The molecular formula is C28H32Br2Cl2N12. The van der Waals surface area contributed by atoms with Crippen molar-refractivity contribution < 1.29 is 0 Å². The molecule has 4 aromatic rings. The van der Waals surface area contributed by atoms with Crippen molar-refractivity contribution in [1.29, 1.82) is 0 Å². The van der Waals surface area contributed by atoms with Gasteiger partial charge in [-0.15, -0.1) is 5.10 Å². The van der Waals surface area contributed by atoms with Crippen LogP contribution in [0.5, 0.6) is 0 Å². The van der Waals surface area contributed by atoms with E-state index in [-0.39, 0.29) is 16.9 Å². The van der Waals surface area contributed by atoms with Crippen molar-refractivity contribution in [3.63, 3.8) is 0 Å². The number of nitrogens with two attached hydrogens (primary N) is 2. The normalized spacial score (nSPS) is 26.4. The maximum Gasteiger partial charge on any atom is 0.239 e. The van der Waals surface area contributed by atoms with Gasteiger partial charge in [0.2, 0.25) is 11.9 Å². The molecule has 0 saturated heterocycles. The second-order valence-electron chi connectivity index (χ2n) is 12.3. The Morgan fingerprint density at radius 3 is 1.80 bits per heavy atom. The van der Waals surface area contributed by atoms with Crippen LogP contribution in [-0.2, 0) is 10.8 Å². The van der Waals surface area contributed by atoms with E-state index in [9.17, 15) is 0 Å². The summed E-state index contributed by atoms with van der Waals surface area (Å²) < 4.78 is 5.51. The highest BCUT2D eigenvalue weighted by molar-refractivity contribution is 9.10. The predicted octanol–water partition coefficient (Wildman–Crippen LogP) is 6.14. The van der Waals surface area contributed by atoms with E-state index in [1.807, 2.05) is 23.2 Å². The van der Waals surface area contributed by atoms with Crippen LogP contribution in [0, 0.1) is 13.8 Å². The number of hydrogen-bond donors (Lipinski definition) is 4. The molecule has 232 valence electrons. The summed E-state index contributed by atoms with van der Waals surface area (Å²) in [6, 6.07) is 0.552. The summed E-state index contributed by atoms with van der Waals surface area (Å²) in [5.41, 5.74) is 14.0. The number of aromatic nitrogens is 8. The number of fused-ring (bicyclic) bond motifs is 4. The fourth-order valence-corrected chi connectivity index (χ4v) is 9.00. The van der Waals surface area contributed by atoms with Crippen molar-refractivity contribution in [3.8, 4) is 0 Å². The Bertz CT molecular complexity index is 1650. The molecule has 0 radical (unpaired) electrons. The lowest BCUT2D eigenvalue weighted by Gasteiger charge is -2.24. The maximum absolute atomic E-state index is 6.56. The zero-order valence-electron chi connectivity index (χ0n) is 24.2. The standard InChI is InChI=1S/2C14H16BrClN6/c1-7-20-13(17)21-22(7)8-2-3-14(4-8)6-19-12-10(14)11(16)9(15)5-18-12;1-7-20-13(17)22(21-7)8-2-3-14(4-8)6-19-12-10(14)11(16)9(15)5-18-12/h5,8H,2-4,6H2,1H3,(H2,17,21)(H,18,19);5,8H,2-4,6H2,1H3,(H,18,19)(H2,17,20,21)/t2*8-,14-/m00/s1. The molecule has 16 heteroatoms. The van der Waals surface area contributed by atoms with E-state index >= 15 is 0 Å². The zero-order chi connectivity index (χ0) is 31.0. The average molecular weight is 767 g/mol. The van der Waals surface area contributed by atoms with Crippen LogP contribution < -0.4 is 22.1 Å². The predicted molar refractivity (Wildman–Crippen MR) is 178 cm³/mol. The quantitative estimate of drug-likeness (QED) is 0.187. The third kappa shape index (κ3) is 4.83. The lowest BCUT2D eigenvalue weighted by molar-refractivity contribution is 0.412. The first-order chi connectivity index (χ1) is 21.0. The van der Waals surface area contributed by atoms with Crippen molar-refractivity contribution in [3.05, 3.63) is 54.2 Å². The summed E-state index contributed by atoms with van der Waals surface area (Å²) in [5.74, 6) is 4.21. The van der Waals surface area contributed by atoms with Crippen LogP contribution in [0.1, 0.15) is 73.4 Å².